The minimum absolute atomic E-state index is 0.000559. The third-order valence-corrected chi connectivity index (χ3v) is 6.15. The van der Waals surface area contributed by atoms with E-state index in [0.717, 1.165) is 16.2 Å². The first kappa shape index (κ1) is 21.8. The van der Waals surface area contributed by atoms with Crippen LogP contribution in [0, 0.1) is 5.82 Å². The smallest absolute Gasteiger partial charge is 0.344 e. The summed E-state index contributed by atoms with van der Waals surface area (Å²) in [6.45, 7) is 4.55. The molecule has 11 heteroatoms. The molecule has 0 atom stereocenters. The second-order valence-corrected chi connectivity index (χ2v) is 8.35. The van der Waals surface area contributed by atoms with E-state index < -0.39 is 28.6 Å². The third kappa shape index (κ3) is 4.78. The summed E-state index contributed by atoms with van der Waals surface area (Å²) in [5, 5.41) is 0. The van der Waals surface area contributed by atoms with Crippen LogP contribution >= 0.6 is 0 Å². The van der Waals surface area contributed by atoms with Crippen molar-refractivity contribution in [3.63, 3.8) is 0 Å². The summed E-state index contributed by atoms with van der Waals surface area (Å²) in [5.41, 5.74) is 0.875. The number of halogens is 1. The largest absolute Gasteiger partial charge is 0.462 e. The van der Waals surface area contributed by atoms with Crippen LogP contribution in [0.1, 0.15) is 13.8 Å². The Hall–Kier alpha value is -2.95. The molecule has 0 unspecified atom stereocenters. The predicted molar refractivity (Wildman–Crippen MR) is 109 cm³/mol. The van der Waals surface area contributed by atoms with Crippen molar-refractivity contribution in [3.05, 3.63) is 41.9 Å². The molecule has 162 valence electrons. The zero-order chi connectivity index (χ0) is 21.9. The van der Waals surface area contributed by atoms with Gasteiger partial charge in [-0.2, -0.15) is 8.42 Å². The Balaban J connectivity index is 1.65. The molecule has 2 aliphatic heterocycles. The van der Waals surface area contributed by atoms with E-state index in [9.17, 15) is 22.4 Å². The Morgan fingerprint density at radius 1 is 1.13 bits per heavy atom. The lowest BCUT2D eigenvalue weighted by atomic mass is 10.2. The first-order chi connectivity index (χ1) is 14.2. The van der Waals surface area contributed by atoms with E-state index in [4.69, 9.17) is 4.74 Å². The molecule has 0 spiro atoms. The number of rotatable bonds is 5. The average Bonchev–Trinajstić information content (AvgIpc) is 2.70. The van der Waals surface area contributed by atoms with E-state index in [2.05, 4.69) is 4.40 Å². The van der Waals surface area contributed by atoms with E-state index in [1.165, 1.54) is 19.1 Å². The molecule has 0 saturated carbocycles. The van der Waals surface area contributed by atoms with Crippen molar-refractivity contribution < 1.29 is 27.1 Å². The summed E-state index contributed by atoms with van der Waals surface area (Å²) >= 11 is 0. The van der Waals surface area contributed by atoms with Crippen molar-refractivity contribution in [1.29, 1.82) is 0 Å². The van der Waals surface area contributed by atoms with E-state index in [-0.39, 0.29) is 23.7 Å². The van der Waals surface area contributed by atoms with Crippen molar-refractivity contribution in [2.24, 2.45) is 4.40 Å². The monoisotopic (exact) mass is 438 g/mol. The average molecular weight is 438 g/mol. The van der Waals surface area contributed by atoms with Crippen LogP contribution in [-0.4, -0.2) is 74.5 Å². The minimum atomic E-state index is -4.10. The number of nitrogens with zero attached hydrogens (tertiary/aromatic N) is 4. The molecule has 0 aliphatic carbocycles. The molecule has 1 aromatic rings. The first-order valence-electron chi connectivity index (χ1n) is 9.47. The standard InChI is InChI=1S/C19H23FN4O5S/c1-3-29-19(26)17-12-24(30(27,28)21-14(17)2)13-18(25)23-10-8-22(9-11-23)16-6-4-15(20)5-7-16/h4-7,12H,3,8-11,13H2,1-2H3. The number of benzene rings is 1. The molecule has 0 radical (unpaired) electrons. The van der Waals surface area contributed by atoms with Gasteiger partial charge in [0.05, 0.1) is 17.9 Å². The van der Waals surface area contributed by atoms with Gasteiger partial charge in [-0.3, -0.25) is 4.79 Å². The molecule has 1 saturated heterocycles. The highest BCUT2D eigenvalue weighted by Crippen LogP contribution is 2.19. The van der Waals surface area contributed by atoms with Gasteiger partial charge >= 0.3 is 16.2 Å². The lowest BCUT2D eigenvalue weighted by Gasteiger charge is -2.36. The highest BCUT2D eigenvalue weighted by Gasteiger charge is 2.32. The molecule has 2 aliphatic rings. The Morgan fingerprint density at radius 3 is 2.37 bits per heavy atom. The number of piperazine rings is 1. The number of carbonyl (C=O) groups is 2. The Labute approximate surface area is 174 Å². The minimum Gasteiger partial charge on any atom is -0.462 e. The van der Waals surface area contributed by atoms with Crippen LogP contribution in [-0.2, 0) is 24.5 Å². The summed E-state index contributed by atoms with van der Waals surface area (Å²) < 4.78 is 47.0. The van der Waals surface area contributed by atoms with Crippen molar-refractivity contribution in [3.8, 4) is 0 Å². The fourth-order valence-electron chi connectivity index (χ4n) is 3.21. The molecule has 0 aromatic heterocycles. The fraction of sp³-hybridized carbons (Fsp3) is 0.421. The van der Waals surface area contributed by atoms with Crippen molar-refractivity contribution in [2.75, 3.05) is 44.2 Å². The van der Waals surface area contributed by atoms with Gasteiger partial charge in [-0.05, 0) is 38.1 Å². The lowest BCUT2D eigenvalue weighted by Crippen LogP contribution is -2.51. The maximum absolute atomic E-state index is 13.1. The molecule has 2 heterocycles. The van der Waals surface area contributed by atoms with Crippen LogP contribution in [0.15, 0.2) is 40.4 Å². The molecular weight excluding hydrogens is 415 g/mol. The van der Waals surface area contributed by atoms with Gasteiger partial charge in [-0.25, -0.2) is 13.5 Å². The Bertz CT molecular complexity index is 983. The van der Waals surface area contributed by atoms with Gasteiger partial charge in [0.25, 0.3) is 0 Å². The molecule has 30 heavy (non-hydrogen) atoms. The Morgan fingerprint density at radius 2 is 1.77 bits per heavy atom. The fourth-order valence-corrected chi connectivity index (χ4v) is 4.28. The molecule has 1 fully saturated rings. The van der Waals surface area contributed by atoms with E-state index in [1.807, 2.05) is 4.90 Å². The summed E-state index contributed by atoms with van der Waals surface area (Å²) in [6.07, 6.45) is 1.10. The number of ether oxygens (including phenoxy) is 1. The van der Waals surface area contributed by atoms with Crippen LogP contribution < -0.4 is 4.90 Å². The number of esters is 1. The maximum Gasteiger partial charge on any atom is 0.344 e. The van der Waals surface area contributed by atoms with Crippen LogP contribution in [0.2, 0.25) is 0 Å². The zero-order valence-electron chi connectivity index (χ0n) is 16.7. The van der Waals surface area contributed by atoms with Gasteiger partial charge < -0.3 is 14.5 Å². The molecular formula is C19H23FN4O5S. The van der Waals surface area contributed by atoms with Crippen LogP contribution in [0.3, 0.4) is 0 Å². The predicted octanol–water partition coefficient (Wildman–Crippen LogP) is 0.943. The van der Waals surface area contributed by atoms with Gasteiger partial charge in [0, 0.05) is 38.1 Å². The van der Waals surface area contributed by atoms with Crippen LogP contribution in [0.25, 0.3) is 0 Å². The van der Waals surface area contributed by atoms with Gasteiger partial charge in [-0.15, -0.1) is 4.40 Å². The molecule has 3 rings (SSSR count). The zero-order valence-corrected chi connectivity index (χ0v) is 17.6. The van der Waals surface area contributed by atoms with E-state index >= 15 is 0 Å². The first-order valence-corrected chi connectivity index (χ1v) is 10.9. The summed E-state index contributed by atoms with van der Waals surface area (Å²) in [4.78, 5) is 28.3. The molecule has 1 amide bonds. The van der Waals surface area contributed by atoms with Crippen LogP contribution in [0.4, 0.5) is 10.1 Å². The SMILES string of the molecule is CCOC(=O)C1=CN(CC(=O)N2CCN(c3ccc(F)cc3)CC2)S(=O)(=O)N=C1C. The van der Waals surface area contributed by atoms with Gasteiger partial charge in [0.15, 0.2) is 0 Å². The number of anilines is 1. The molecule has 9 nitrogen and oxygen atoms in total. The molecule has 0 N–H and O–H groups in total. The number of carbonyl (C=O) groups excluding carboxylic acids is 2. The topological polar surface area (TPSA) is 99.6 Å². The highest BCUT2D eigenvalue weighted by molar-refractivity contribution is 7.88. The lowest BCUT2D eigenvalue weighted by molar-refractivity contribution is -0.138. The molecule has 1 aromatic carbocycles. The summed E-state index contributed by atoms with van der Waals surface area (Å²) in [7, 11) is -4.10. The number of amides is 1. The quantitative estimate of drug-likeness (QED) is 0.635. The van der Waals surface area contributed by atoms with Crippen molar-refractivity contribution in [2.45, 2.75) is 13.8 Å². The third-order valence-electron chi connectivity index (χ3n) is 4.82. The second kappa shape index (κ2) is 8.82. The van der Waals surface area contributed by atoms with Gasteiger partial charge in [-0.1, -0.05) is 0 Å². The second-order valence-electron chi connectivity index (χ2n) is 6.81. The van der Waals surface area contributed by atoms with Crippen molar-refractivity contribution in [1.82, 2.24) is 9.21 Å². The maximum atomic E-state index is 13.1. The molecule has 0 bridgehead atoms. The Kier molecular flexibility index (Phi) is 6.40. The van der Waals surface area contributed by atoms with Crippen LogP contribution in [0.5, 0.6) is 0 Å². The normalized spacial score (nSPS) is 18.6. The summed E-state index contributed by atoms with van der Waals surface area (Å²) in [6, 6.07) is 6.11. The van der Waals surface area contributed by atoms with Crippen molar-refractivity contribution >= 4 is 33.5 Å². The van der Waals surface area contributed by atoms with Gasteiger partial charge in [0.2, 0.25) is 5.91 Å². The van der Waals surface area contributed by atoms with E-state index in [0.29, 0.717) is 26.2 Å². The van der Waals surface area contributed by atoms with E-state index in [1.54, 1.807) is 24.0 Å². The van der Waals surface area contributed by atoms with Gasteiger partial charge in [0.1, 0.15) is 12.4 Å². The summed E-state index contributed by atoms with van der Waals surface area (Å²) in [5.74, 6) is -1.41. The number of hydrogen-bond donors (Lipinski definition) is 0. The number of hydrogen-bond acceptors (Lipinski definition) is 6. The highest BCUT2D eigenvalue weighted by atomic mass is 32.2.